The van der Waals surface area contributed by atoms with E-state index >= 15 is 0 Å². The van der Waals surface area contributed by atoms with Crippen LogP contribution in [0.4, 0.5) is 5.82 Å². The van der Waals surface area contributed by atoms with Crippen molar-refractivity contribution >= 4 is 34.4 Å². The third-order valence-corrected chi connectivity index (χ3v) is 6.70. The highest BCUT2D eigenvalue weighted by Gasteiger charge is 2.28. The molecule has 1 saturated heterocycles. The van der Waals surface area contributed by atoms with Gasteiger partial charge in [-0.2, -0.15) is 0 Å². The van der Waals surface area contributed by atoms with Crippen LogP contribution in [0.2, 0.25) is 5.02 Å². The molecular formula is C23H27ClN6O. The first-order chi connectivity index (χ1) is 15.1. The van der Waals surface area contributed by atoms with Crippen LogP contribution in [0.25, 0.3) is 11.0 Å². The molecule has 1 fully saturated rings. The highest BCUT2D eigenvalue weighted by molar-refractivity contribution is 6.30. The predicted molar refractivity (Wildman–Crippen MR) is 122 cm³/mol. The van der Waals surface area contributed by atoms with E-state index < -0.39 is 6.04 Å². The summed E-state index contributed by atoms with van der Waals surface area (Å²) in [5.74, 6) is 0.989. The molecule has 5 rings (SSSR count). The average molecular weight is 439 g/mol. The number of fused-ring (bicyclic) bond motifs is 3. The summed E-state index contributed by atoms with van der Waals surface area (Å²) in [6.07, 6.45) is 6.74. The van der Waals surface area contributed by atoms with E-state index in [4.69, 9.17) is 17.3 Å². The van der Waals surface area contributed by atoms with Gasteiger partial charge in [0.2, 0.25) is 5.91 Å². The number of hydrogen-bond donors (Lipinski definition) is 2. The van der Waals surface area contributed by atoms with Gasteiger partial charge < -0.3 is 20.5 Å². The molecule has 162 valence electrons. The van der Waals surface area contributed by atoms with Crippen LogP contribution < -0.4 is 10.6 Å². The lowest BCUT2D eigenvalue weighted by atomic mass is 9.96. The summed E-state index contributed by atoms with van der Waals surface area (Å²) in [7, 11) is 0. The lowest BCUT2D eigenvalue weighted by Crippen LogP contribution is -2.53. The van der Waals surface area contributed by atoms with Gasteiger partial charge in [0.1, 0.15) is 17.8 Å². The van der Waals surface area contributed by atoms with Crippen molar-refractivity contribution in [2.24, 2.45) is 5.73 Å². The van der Waals surface area contributed by atoms with E-state index in [0.29, 0.717) is 24.5 Å². The number of anilines is 1. The lowest BCUT2D eigenvalue weighted by Gasteiger charge is -2.36. The number of nitrogens with one attached hydrogen (secondary N) is 1. The lowest BCUT2D eigenvalue weighted by molar-refractivity contribution is -0.132. The van der Waals surface area contributed by atoms with Gasteiger partial charge in [-0.1, -0.05) is 23.7 Å². The number of aryl methyl sites for hydroxylation is 2. The van der Waals surface area contributed by atoms with E-state index in [1.165, 1.54) is 24.1 Å². The average Bonchev–Trinajstić information content (AvgIpc) is 3.19. The molecule has 1 aliphatic carbocycles. The van der Waals surface area contributed by atoms with Crippen LogP contribution in [0.3, 0.4) is 0 Å². The zero-order chi connectivity index (χ0) is 21.4. The number of rotatable bonds is 4. The summed E-state index contributed by atoms with van der Waals surface area (Å²) >= 11 is 5.94. The summed E-state index contributed by atoms with van der Waals surface area (Å²) in [4.78, 5) is 29.7. The molecule has 2 aromatic heterocycles. The number of carbonyl (C=O) groups is 1. The number of halogens is 1. The molecule has 1 atom stereocenters. The normalized spacial score (nSPS) is 17.6. The Kier molecular flexibility index (Phi) is 5.54. The molecule has 0 radical (unpaired) electrons. The molecule has 0 saturated carbocycles. The Morgan fingerprint density at radius 1 is 1.10 bits per heavy atom. The first-order valence-electron chi connectivity index (χ1n) is 11.0. The fraction of sp³-hybridized carbons (Fsp3) is 0.435. The molecule has 2 aliphatic rings. The number of carbonyl (C=O) groups excluding carboxylic acids is 1. The number of aromatic nitrogens is 3. The van der Waals surface area contributed by atoms with Crippen molar-refractivity contribution in [3.63, 3.8) is 0 Å². The first kappa shape index (κ1) is 20.3. The van der Waals surface area contributed by atoms with E-state index in [1.54, 1.807) is 6.33 Å². The topological polar surface area (TPSA) is 91.1 Å². The Hall–Kier alpha value is -2.64. The number of aromatic amines is 1. The van der Waals surface area contributed by atoms with E-state index in [9.17, 15) is 4.79 Å². The minimum atomic E-state index is -0.546. The Balaban J connectivity index is 1.27. The van der Waals surface area contributed by atoms with Crippen LogP contribution in [0.5, 0.6) is 0 Å². The molecule has 7 nitrogen and oxygen atoms in total. The molecule has 1 aromatic carbocycles. The maximum Gasteiger partial charge on any atom is 0.239 e. The second kappa shape index (κ2) is 8.48. The zero-order valence-electron chi connectivity index (χ0n) is 17.5. The van der Waals surface area contributed by atoms with Gasteiger partial charge in [0, 0.05) is 36.9 Å². The molecule has 31 heavy (non-hydrogen) atoms. The third kappa shape index (κ3) is 4.00. The van der Waals surface area contributed by atoms with E-state index in [0.717, 1.165) is 48.3 Å². The molecule has 8 heteroatoms. The fourth-order valence-corrected chi connectivity index (χ4v) is 4.91. The van der Waals surface area contributed by atoms with Crippen molar-refractivity contribution in [2.45, 2.75) is 38.1 Å². The van der Waals surface area contributed by atoms with Gasteiger partial charge in [-0.05, 0) is 55.4 Å². The van der Waals surface area contributed by atoms with Gasteiger partial charge in [-0.15, -0.1) is 0 Å². The molecule has 3 N–H and O–H groups in total. The van der Waals surface area contributed by atoms with Crippen LogP contribution in [-0.4, -0.2) is 58.0 Å². The Morgan fingerprint density at radius 2 is 1.84 bits per heavy atom. The van der Waals surface area contributed by atoms with Gasteiger partial charge >= 0.3 is 0 Å². The second-order valence-electron chi connectivity index (χ2n) is 8.46. The largest absolute Gasteiger partial charge is 0.352 e. The van der Waals surface area contributed by atoms with Crippen molar-refractivity contribution in [3.05, 3.63) is 52.4 Å². The van der Waals surface area contributed by atoms with Crippen LogP contribution in [0, 0.1) is 0 Å². The number of nitrogens with zero attached hydrogens (tertiary/aromatic N) is 4. The molecule has 3 heterocycles. The maximum absolute atomic E-state index is 12.9. The van der Waals surface area contributed by atoms with Gasteiger partial charge in [-0.3, -0.25) is 4.79 Å². The highest BCUT2D eigenvalue weighted by Crippen LogP contribution is 2.33. The Labute approximate surface area is 186 Å². The van der Waals surface area contributed by atoms with Crippen LogP contribution >= 0.6 is 11.6 Å². The Morgan fingerprint density at radius 3 is 2.61 bits per heavy atom. The second-order valence-corrected chi connectivity index (χ2v) is 8.90. The zero-order valence-corrected chi connectivity index (χ0v) is 18.2. The highest BCUT2D eigenvalue weighted by atomic mass is 35.5. The third-order valence-electron chi connectivity index (χ3n) is 6.44. The van der Waals surface area contributed by atoms with Crippen LogP contribution in [0.1, 0.15) is 29.7 Å². The van der Waals surface area contributed by atoms with Gasteiger partial charge in [-0.25, -0.2) is 9.97 Å². The molecule has 0 spiro atoms. The maximum atomic E-state index is 12.9. The molecule has 1 aliphatic heterocycles. The van der Waals surface area contributed by atoms with Crippen molar-refractivity contribution in [3.8, 4) is 0 Å². The number of hydrogen-bond acceptors (Lipinski definition) is 5. The minimum Gasteiger partial charge on any atom is -0.352 e. The molecule has 0 unspecified atom stereocenters. The Bertz CT molecular complexity index is 1090. The fourth-order valence-electron chi connectivity index (χ4n) is 4.79. The first-order valence-corrected chi connectivity index (χ1v) is 11.4. The van der Waals surface area contributed by atoms with Crippen LogP contribution in [-0.2, 0) is 24.1 Å². The van der Waals surface area contributed by atoms with Gasteiger partial charge in [0.05, 0.1) is 11.4 Å². The van der Waals surface area contributed by atoms with Crippen molar-refractivity contribution < 1.29 is 4.79 Å². The standard InChI is InChI=1S/C23H27ClN6O/c24-16-7-5-15(6-8-16)13-18(25)23(31)30-11-9-29(10-12-30)22-20-17-3-1-2-4-19(17)28-21(20)26-14-27-22/h5-8,14,18H,1-4,9-13,25H2,(H,26,27,28)/t18-/m1/s1. The van der Waals surface area contributed by atoms with Crippen molar-refractivity contribution in [2.75, 3.05) is 31.1 Å². The number of H-pyrrole nitrogens is 1. The van der Waals surface area contributed by atoms with Gasteiger partial charge in [0.15, 0.2) is 0 Å². The number of piperazine rings is 1. The minimum absolute atomic E-state index is 0.00135. The van der Waals surface area contributed by atoms with Gasteiger partial charge in [0.25, 0.3) is 0 Å². The monoisotopic (exact) mass is 438 g/mol. The summed E-state index contributed by atoms with van der Waals surface area (Å²) in [6, 6.07) is 6.95. The molecule has 3 aromatic rings. The SMILES string of the molecule is N[C@H](Cc1ccc(Cl)cc1)C(=O)N1CCN(c2ncnc3[nH]c4c(c23)CCCC4)CC1. The summed E-state index contributed by atoms with van der Waals surface area (Å²) in [5.41, 5.74) is 10.9. The van der Waals surface area contributed by atoms with Crippen molar-refractivity contribution in [1.82, 2.24) is 19.9 Å². The van der Waals surface area contributed by atoms with E-state index in [1.807, 2.05) is 29.2 Å². The summed E-state index contributed by atoms with van der Waals surface area (Å²) < 4.78 is 0. The predicted octanol–water partition coefficient (Wildman–Crippen LogP) is 2.71. The number of nitrogens with two attached hydrogens (primary N) is 1. The van der Waals surface area contributed by atoms with E-state index in [-0.39, 0.29) is 5.91 Å². The molecular weight excluding hydrogens is 412 g/mol. The van der Waals surface area contributed by atoms with E-state index in [2.05, 4.69) is 19.9 Å². The summed E-state index contributed by atoms with van der Waals surface area (Å²) in [6.45, 7) is 2.77. The summed E-state index contributed by atoms with van der Waals surface area (Å²) in [5, 5.41) is 1.85. The van der Waals surface area contributed by atoms with Crippen molar-refractivity contribution in [1.29, 1.82) is 0 Å². The molecule has 1 amide bonds. The van der Waals surface area contributed by atoms with Crippen LogP contribution in [0.15, 0.2) is 30.6 Å². The number of amides is 1. The quantitative estimate of drug-likeness (QED) is 0.653. The smallest absolute Gasteiger partial charge is 0.239 e. The number of benzene rings is 1. The molecule has 0 bridgehead atoms.